The van der Waals surface area contributed by atoms with E-state index < -0.39 is 17.8 Å². The van der Waals surface area contributed by atoms with E-state index in [1.54, 1.807) is 4.57 Å². The number of nitrogens with two attached hydrogens (primary N) is 1. The molecule has 0 aliphatic heterocycles. The van der Waals surface area contributed by atoms with Gasteiger partial charge in [0.1, 0.15) is 32.7 Å². The number of aromatic amines is 1. The molecule has 2 aromatic heterocycles. The third kappa shape index (κ3) is 9.38. The van der Waals surface area contributed by atoms with Gasteiger partial charge in [-0.05, 0) is 17.0 Å². The Bertz CT molecular complexity index is 1450. The van der Waals surface area contributed by atoms with Gasteiger partial charge >= 0.3 is 6.09 Å². The SMILES string of the molecule is CC(C)C(COOCC(COCc1ccccc1)OCn1cnc2c(=O)[nH]c(N)nc21)NC(=O)OCc1ccccc1. The van der Waals surface area contributed by atoms with E-state index in [-0.39, 0.29) is 56.6 Å². The first-order chi connectivity index (χ1) is 20.4. The van der Waals surface area contributed by atoms with Crippen LogP contribution in [0.25, 0.3) is 11.2 Å². The maximum atomic E-state index is 12.3. The number of ether oxygens (including phenoxy) is 3. The zero-order valence-corrected chi connectivity index (χ0v) is 23.6. The second-order valence-electron chi connectivity index (χ2n) is 9.88. The summed E-state index contributed by atoms with van der Waals surface area (Å²) in [5.41, 5.74) is 7.60. The summed E-state index contributed by atoms with van der Waals surface area (Å²) in [4.78, 5) is 46.0. The van der Waals surface area contributed by atoms with Crippen molar-refractivity contribution in [1.29, 1.82) is 0 Å². The quantitative estimate of drug-likeness (QED) is 0.102. The molecular weight excluding hydrogens is 544 g/mol. The number of imidazole rings is 1. The highest BCUT2D eigenvalue weighted by molar-refractivity contribution is 5.70. The number of alkyl carbamates (subject to hydrolysis) is 1. The number of nitrogen functional groups attached to an aromatic ring is 1. The molecule has 4 rings (SSSR count). The number of rotatable bonds is 16. The van der Waals surface area contributed by atoms with Gasteiger partial charge in [0, 0.05) is 0 Å². The lowest BCUT2D eigenvalue weighted by Crippen LogP contribution is -2.42. The highest BCUT2D eigenvalue weighted by Crippen LogP contribution is 2.10. The average molecular weight is 581 g/mol. The van der Waals surface area contributed by atoms with Crippen molar-refractivity contribution >= 4 is 23.2 Å². The Morgan fingerprint density at radius 3 is 2.33 bits per heavy atom. The van der Waals surface area contributed by atoms with E-state index in [1.165, 1.54) is 6.33 Å². The van der Waals surface area contributed by atoms with E-state index in [9.17, 15) is 9.59 Å². The lowest BCUT2D eigenvalue weighted by Gasteiger charge is -2.22. The van der Waals surface area contributed by atoms with Gasteiger partial charge in [-0.15, -0.1) is 0 Å². The molecule has 2 unspecified atom stereocenters. The largest absolute Gasteiger partial charge is 0.445 e. The fraction of sp³-hybridized carbons (Fsp3) is 0.379. The van der Waals surface area contributed by atoms with Gasteiger partial charge in [-0.3, -0.25) is 14.3 Å². The van der Waals surface area contributed by atoms with Crippen molar-refractivity contribution in [2.45, 2.75) is 45.9 Å². The van der Waals surface area contributed by atoms with Crippen LogP contribution in [0.5, 0.6) is 0 Å². The van der Waals surface area contributed by atoms with E-state index in [0.717, 1.165) is 11.1 Å². The third-order valence-corrected chi connectivity index (χ3v) is 6.26. The van der Waals surface area contributed by atoms with Gasteiger partial charge in [0.25, 0.3) is 5.56 Å². The molecule has 0 fully saturated rings. The van der Waals surface area contributed by atoms with Crippen molar-refractivity contribution in [3.8, 4) is 0 Å². The summed E-state index contributed by atoms with van der Waals surface area (Å²) in [5.74, 6) is 0.0303. The zero-order valence-electron chi connectivity index (χ0n) is 23.6. The Morgan fingerprint density at radius 1 is 0.976 bits per heavy atom. The summed E-state index contributed by atoms with van der Waals surface area (Å²) < 4.78 is 18.8. The Morgan fingerprint density at radius 2 is 1.64 bits per heavy atom. The van der Waals surface area contributed by atoms with Crippen LogP contribution in [0.1, 0.15) is 25.0 Å². The number of amides is 1. The van der Waals surface area contributed by atoms with Crippen LogP contribution in [0.4, 0.5) is 10.7 Å². The van der Waals surface area contributed by atoms with E-state index in [2.05, 4.69) is 20.3 Å². The number of anilines is 1. The lowest BCUT2D eigenvalue weighted by atomic mass is 10.1. The first kappa shape index (κ1) is 30.7. The Balaban J connectivity index is 1.28. The highest BCUT2D eigenvalue weighted by Gasteiger charge is 2.19. The Hall–Kier alpha value is -4.30. The van der Waals surface area contributed by atoms with Crippen LogP contribution in [0.15, 0.2) is 71.8 Å². The summed E-state index contributed by atoms with van der Waals surface area (Å²) in [5, 5.41) is 2.82. The number of carbonyl (C=O) groups is 1. The van der Waals surface area contributed by atoms with Crippen molar-refractivity contribution in [3.05, 3.63) is 88.5 Å². The minimum absolute atomic E-state index is 0.0124. The lowest BCUT2D eigenvalue weighted by molar-refractivity contribution is -0.314. The number of hydrogen-bond acceptors (Lipinski definition) is 10. The summed E-state index contributed by atoms with van der Waals surface area (Å²) in [6.45, 7) is 4.78. The van der Waals surface area contributed by atoms with Crippen LogP contribution in [-0.2, 0) is 43.9 Å². The fourth-order valence-corrected chi connectivity index (χ4v) is 3.84. The van der Waals surface area contributed by atoms with Crippen LogP contribution >= 0.6 is 0 Å². The number of carbonyl (C=O) groups excluding carboxylic acids is 1. The molecule has 0 aliphatic rings. The molecule has 224 valence electrons. The van der Waals surface area contributed by atoms with Crippen LogP contribution in [0.3, 0.4) is 0 Å². The maximum Gasteiger partial charge on any atom is 0.407 e. The van der Waals surface area contributed by atoms with E-state index in [0.29, 0.717) is 12.3 Å². The van der Waals surface area contributed by atoms with Crippen LogP contribution in [0.2, 0.25) is 0 Å². The monoisotopic (exact) mass is 580 g/mol. The molecule has 2 atom stereocenters. The molecule has 0 bridgehead atoms. The van der Waals surface area contributed by atoms with Crippen molar-refractivity contribution in [1.82, 2.24) is 24.8 Å². The van der Waals surface area contributed by atoms with Gasteiger partial charge < -0.3 is 25.3 Å². The molecule has 0 saturated carbocycles. The van der Waals surface area contributed by atoms with E-state index in [1.807, 2.05) is 74.5 Å². The summed E-state index contributed by atoms with van der Waals surface area (Å²) >= 11 is 0. The standard InChI is InChI=1S/C29H36N6O7/c1-20(2)24(32-29(37)39-14-22-11-7-4-8-12-22)17-42-41-16-23(15-38-13-21-9-5-3-6-10-21)40-19-35-18-31-25-26(35)33-28(30)34-27(25)36/h3-12,18,20,23-24H,13-17,19H2,1-2H3,(H,32,37)(H3,30,33,34,36). The molecule has 13 nitrogen and oxygen atoms in total. The third-order valence-electron chi connectivity index (χ3n) is 6.26. The summed E-state index contributed by atoms with van der Waals surface area (Å²) in [7, 11) is 0. The van der Waals surface area contributed by atoms with Crippen LogP contribution in [0, 0.1) is 5.92 Å². The predicted octanol–water partition coefficient (Wildman–Crippen LogP) is 3.16. The van der Waals surface area contributed by atoms with Crippen LogP contribution in [-0.4, -0.2) is 57.6 Å². The van der Waals surface area contributed by atoms with Gasteiger partial charge in [0.05, 0.1) is 25.6 Å². The first-order valence-corrected chi connectivity index (χ1v) is 13.5. The highest BCUT2D eigenvalue weighted by atomic mass is 17.2. The second kappa shape index (κ2) is 15.6. The van der Waals surface area contributed by atoms with Gasteiger partial charge in [-0.25, -0.2) is 19.6 Å². The van der Waals surface area contributed by atoms with Crippen molar-refractivity contribution in [2.75, 3.05) is 25.6 Å². The summed E-state index contributed by atoms with van der Waals surface area (Å²) in [6, 6.07) is 18.8. The summed E-state index contributed by atoms with van der Waals surface area (Å²) in [6.07, 6.45) is 0.352. The van der Waals surface area contributed by atoms with Gasteiger partial charge in [-0.1, -0.05) is 74.5 Å². The molecule has 13 heteroatoms. The predicted molar refractivity (Wildman–Crippen MR) is 154 cm³/mol. The van der Waals surface area contributed by atoms with E-state index >= 15 is 0 Å². The molecule has 2 aromatic carbocycles. The molecule has 1 amide bonds. The van der Waals surface area contributed by atoms with Gasteiger partial charge in [0.2, 0.25) is 5.95 Å². The number of nitrogens with zero attached hydrogens (tertiary/aromatic N) is 3. The van der Waals surface area contributed by atoms with Crippen molar-refractivity contribution < 1.29 is 28.8 Å². The zero-order chi connectivity index (χ0) is 29.7. The molecule has 2 heterocycles. The van der Waals surface area contributed by atoms with Crippen LogP contribution < -0.4 is 16.6 Å². The average Bonchev–Trinajstić information content (AvgIpc) is 3.40. The Kier molecular flexibility index (Phi) is 11.4. The molecule has 0 radical (unpaired) electrons. The van der Waals surface area contributed by atoms with E-state index in [4.69, 9.17) is 29.7 Å². The van der Waals surface area contributed by atoms with Crippen molar-refractivity contribution in [2.24, 2.45) is 5.92 Å². The maximum absolute atomic E-state index is 12.3. The Labute approximate surface area is 242 Å². The number of nitrogens with one attached hydrogen (secondary N) is 2. The number of H-pyrrole nitrogens is 1. The first-order valence-electron chi connectivity index (χ1n) is 13.5. The van der Waals surface area contributed by atoms with Gasteiger partial charge in [0.15, 0.2) is 11.2 Å². The molecule has 0 aliphatic carbocycles. The topological polar surface area (TPSA) is 165 Å². The van der Waals surface area contributed by atoms with Gasteiger partial charge in [-0.2, -0.15) is 4.98 Å². The molecule has 0 saturated heterocycles. The second-order valence-corrected chi connectivity index (χ2v) is 9.88. The minimum Gasteiger partial charge on any atom is -0.445 e. The minimum atomic E-state index is -0.549. The van der Waals surface area contributed by atoms with Crippen molar-refractivity contribution in [3.63, 3.8) is 0 Å². The molecule has 0 spiro atoms. The molecule has 4 aromatic rings. The molecule has 4 N–H and O–H groups in total. The molecule has 42 heavy (non-hydrogen) atoms. The normalized spacial score (nSPS) is 12.8. The smallest absolute Gasteiger partial charge is 0.407 e. The number of benzene rings is 2. The number of fused-ring (bicyclic) bond motifs is 1. The molecular formula is C29H36N6O7. The number of hydrogen-bond donors (Lipinski definition) is 3. The number of aromatic nitrogens is 4. The fourth-order valence-electron chi connectivity index (χ4n) is 3.84.